The Labute approximate surface area is 60.3 Å². The van der Waals surface area contributed by atoms with Crippen LogP contribution in [0.4, 0.5) is 0 Å². The number of methoxy groups -OCH3 is 1. The van der Waals surface area contributed by atoms with Crippen molar-refractivity contribution in [1.82, 2.24) is 0 Å². The molecule has 0 heterocycles. The molecule has 3 heteroatoms. The minimum absolute atomic E-state index is 0.299. The number of ether oxygens (including phenoxy) is 1. The van der Waals surface area contributed by atoms with E-state index >= 15 is 0 Å². The fourth-order valence-corrected chi connectivity index (χ4v) is 0.716. The average molecular weight is 146 g/mol. The summed E-state index contributed by atoms with van der Waals surface area (Å²) in [5, 5.41) is 0. The van der Waals surface area contributed by atoms with Gasteiger partial charge in [0, 0.05) is 11.3 Å². The number of esters is 1. The first-order valence-corrected chi connectivity index (χ1v) is 3.23. The quantitative estimate of drug-likeness (QED) is 0.358. The third-order valence-corrected chi connectivity index (χ3v) is 1.31. The zero-order valence-electron chi connectivity index (χ0n) is 5.55. The van der Waals surface area contributed by atoms with E-state index in [2.05, 4.69) is 17.4 Å². The largest absolute Gasteiger partial charge is 0.466 e. The number of allylic oxidation sites excluding steroid dienone is 1. The van der Waals surface area contributed by atoms with Crippen LogP contribution in [0.3, 0.4) is 0 Å². The van der Waals surface area contributed by atoms with Crippen LogP contribution in [0.15, 0.2) is 11.6 Å². The number of carbonyl (C=O) groups excluding carboxylic acids is 1. The van der Waals surface area contributed by atoms with Gasteiger partial charge in [-0.15, -0.1) is 0 Å². The molecule has 0 aliphatic carbocycles. The van der Waals surface area contributed by atoms with Crippen molar-refractivity contribution in [3.05, 3.63) is 11.6 Å². The minimum atomic E-state index is -0.299. The van der Waals surface area contributed by atoms with E-state index in [1.54, 1.807) is 13.0 Å². The Kier molecular flexibility index (Phi) is 4.22. The smallest absolute Gasteiger partial charge is 0.334 e. The van der Waals surface area contributed by atoms with Crippen LogP contribution in [-0.4, -0.2) is 18.8 Å². The van der Waals surface area contributed by atoms with Crippen molar-refractivity contribution in [3.8, 4) is 0 Å². The van der Waals surface area contributed by atoms with Crippen LogP contribution in [0.5, 0.6) is 0 Å². The summed E-state index contributed by atoms with van der Waals surface area (Å²) in [6.45, 7) is 1.78. The highest BCUT2D eigenvalue weighted by molar-refractivity contribution is 7.80. The maximum absolute atomic E-state index is 10.6. The Hall–Kier alpha value is -0.440. The topological polar surface area (TPSA) is 26.3 Å². The highest BCUT2D eigenvalue weighted by Crippen LogP contribution is 1.98. The van der Waals surface area contributed by atoms with Gasteiger partial charge in [-0.3, -0.25) is 0 Å². The molecule has 0 fully saturated rings. The van der Waals surface area contributed by atoms with Crippen LogP contribution >= 0.6 is 12.6 Å². The Morgan fingerprint density at radius 2 is 2.33 bits per heavy atom. The lowest BCUT2D eigenvalue weighted by Crippen LogP contribution is -2.05. The van der Waals surface area contributed by atoms with E-state index in [-0.39, 0.29) is 5.97 Å². The molecule has 52 valence electrons. The van der Waals surface area contributed by atoms with Crippen molar-refractivity contribution >= 4 is 18.6 Å². The molecule has 0 aromatic rings. The second kappa shape index (κ2) is 4.44. The van der Waals surface area contributed by atoms with E-state index in [9.17, 15) is 4.79 Å². The number of hydrogen-bond acceptors (Lipinski definition) is 3. The summed E-state index contributed by atoms with van der Waals surface area (Å²) >= 11 is 3.92. The molecule has 0 aliphatic rings. The predicted molar refractivity (Wildman–Crippen MR) is 39.6 cm³/mol. The summed E-state index contributed by atoms with van der Waals surface area (Å²) in [6.07, 6.45) is 1.69. The van der Waals surface area contributed by atoms with Crippen LogP contribution < -0.4 is 0 Å². The van der Waals surface area contributed by atoms with Gasteiger partial charge in [-0.2, -0.15) is 12.6 Å². The van der Waals surface area contributed by atoms with E-state index in [0.717, 1.165) is 0 Å². The maximum Gasteiger partial charge on any atom is 0.334 e. The number of rotatable bonds is 2. The number of carbonyl (C=O) groups is 1. The molecule has 0 rings (SSSR count). The molecule has 9 heavy (non-hydrogen) atoms. The van der Waals surface area contributed by atoms with Gasteiger partial charge in [-0.25, -0.2) is 4.79 Å². The van der Waals surface area contributed by atoms with Crippen molar-refractivity contribution in [3.63, 3.8) is 0 Å². The Morgan fingerprint density at radius 3 is 2.44 bits per heavy atom. The van der Waals surface area contributed by atoms with Crippen molar-refractivity contribution in [2.24, 2.45) is 0 Å². The zero-order chi connectivity index (χ0) is 7.28. The van der Waals surface area contributed by atoms with Crippen LogP contribution in [0, 0.1) is 0 Å². The van der Waals surface area contributed by atoms with Gasteiger partial charge in [0.15, 0.2) is 0 Å². The molecular formula is C6H10O2S. The normalized spacial score (nSPS) is 11.2. The summed E-state index contributed by atoms with van der Waals surface area (Å²) in [6, 6.07) is 0. The Balaban J connectivity index is 3.97. The van der Waals surface area contributed by atoms with E-state index in [0.29, 0.717) is 11.3 Å². The molecule has 0 N–H and O–H groups in total. The monoisotopic (exact) mass is 146 g/mol. The van der Waals surface area contributed by atoms with E-state index in [1.165, 1.54) is 7.11 Å². The van der Waals surface area contributed by atoms with Crippen LogP contribution in [-0.2, 0) is 9.53 Å². The first kappa shape index (κ1) is 8.56. The van der Waals surface area contributed by atoms with Gasteiger partial charge < -0.3 is 4.74 Å². The SMILES string of the molecule is CC=C(CS)C(=O)OC. The van der Waals surface area contributed by atoms with E-state index < -0.39 is 0 Å². The molecule has 0 amide bonds. The molecule has 0 saturated heterocycles. The third kappa shape index (κ3) is 2.56. The summed E-state index contributed by atoms with van der Waals surface area (Å²) in [4.78, 5) is 10.6. The highest BCUT2D eigenvalue weighted by atomic mass is 32.1. The third-order valence-electron chi connectivity index (χ3n) is 0.966. The summed E-state index contributed by atoms with van der Waals surface area (Å²) in [5.74, 6) is 0.135. The fourth-order valence-electron chi connectivity index (χ4n) is 0.405. The van der Waals surface area contributed by atoms with Gasteiger partial charge in [0.05, 0.1) is 7.11 Å². The van der Waals surface area contributed by atoms with Crippen LogP contribution in [0.2, 0.25) is 0 Å². The molecule has 0 aromatic heterocycles. The van der Waals surface area contributed by atoms with Crippen molar-refractivity contribution in [1.29, 1.82) is 0 Å². The molecule has 0 unspecified atom stereocenters. The molecule has 2 nitrogen and oxygen atoms in total. The molecule has 0 saturated carbocycles. The van der Waals surface area contributed by atoms with Gasteiger partial charge in [0.25, 0.3) is 0 Å². The first-order chi connectivity index (χ1) is 4.26. The predicted octanol–water partition coefficient (Wildman–Crippen LogP) is 1.04. The van der Waals surface area contributed by atoms with Crippen molar-refractivity contribution < 1.29 is 9.53 Å². The van der Waals surface area contributed by atoms with Crippen molar-refractivity contribution in [2.75, 3.05) is 12.9 Å². The van der Waals surface area contributed by atoms with Gasteiger partial charge in [-0.1, -0.05) is 6.08 Å². The highest BCUT2D eigenvalue weighted by Gasteiger charge is 2.03. The summed E-state index contributed by atoms with van der Waals surface area (Å²) in [7, 11) is 1.36. The Morgan fingerprint density at radius 1 is 1.78 bits per heavy atom. The molecule has 0 aromatic carbocycles. The average Bonchev–Trinajstić information content (AvgIpc) is 1.90. The van der Waals surface area contributed by atoms with E-state index in [4.69, 9.17) is 0 Å². The number of hydrogen-bond donors (Lipinski definition) is 1. The molecular weight excluding hydrogens is 136 g/mol. The molecule has 0 radical (unpaired) electrons. The summed E-state index contributed by atoms with van der Waals surface area (Å²) in [5.41, 5.74) is 0.598. The van der Waals surface area contributed by atoms with Gasteiger partial charge in [0.2, 0.25) is 0 Å². The second-order valence-corrected chi connectivity index (χ2v) is 1.78. The zero-order valence-corrected chi connectivity index (χ0v) is 6.44. The van der Waals surface area contributed by atoms with Gasteiger partial charge in [0.1, 0.15) is 0 Å². The van der Waals surface area contributed by atoms with E-state index in [1.807, 2.05) is 0 Å². The first-order valence-electron chi connectivity index (χ1n) is 2.60. The number of thiol groups is 1. The molecule has 0 bridgehead atoms. The van der Waals surface area contributed by atoms with Crippen LogP contribution in [0.25, 0.3) is 0 Å². The molecule has 0 spiro atoms. The lowest BCUT2D eigenvalue weighted by Gasteiger charge is -1.97. The molecule has 0 aliphatic heterocycles. The Bertz CT molecular complexity index is 129. The van der Waals surface area contributed by atoms with Gasteiger partial charge >= 0.3 is 5.97 Å². The van der Waals surface area contributed by atoms with Crippen LogP contribution in [0.1, 0.15) is 6.92 Å². The van der Waals surface area contributed by atoms with Gasteiger partial charge in [-0.05, 0) is 6.92 Å². The fraction of sp³-hybridized carbons (Fsp3) is 0.500. The molecule has 0 atom stereocenters. The standard InChI is InChI=1S/C6H10O2S/c1-3-5(4-9)6(7)8-2/h3,9H,4H2,1-2H3. The lowest BCUT2D eigenvalue weighted by atomic mass is 10.3. The lowest BCUT2D eigenvalue weighted by molar-refractivity contribution is -0.135. The minimum Gasteiger partial charge on any atom is -0.466 e. The van der Waals surface area contributed by atoms with Crippen molar-refractivity contribution in [2.45, 2.75) is 6.92 Å². The maximum atomic E-state index is 10.6. The second-order valence-electron chi connectivity index (χ2n) is 1.46. The summed E-state index contributed by atoms with van der Waals surface area (Å²) < 4.78 is 4.44.